The third-order valence-corrected chi connectivity index (χ3v) is 1.46. The standard InChI is InChI=1S/C9H11FO2/c1-7(11)6-12-9-4-2-8(10)3-5-9/h2,4-5,8H,3,6H2,1H3. The number of ketones is 1. The average molecular weight is 170 g/mol. The van der Waals surface area contributed by atoms with Gasteiger partial charge in [0.1, 0.15) is 18.5 Å². The molecule has 0 aromatic carbocycles. The molecule has 2 nitrogen and oxygen atoms in total. The van der Waals surface area contributed by atoms with Crippen molar-refractivity contribution in [3.63, 3.8) is 0 Å². The molecule has 1 aliphatic rings. The normalized spacial score (nSPS) is 21.8. The molecule has 0 saturated carbocycles. The van der Waals surface area contributed by atoms with Crippen LogP contribution >= 0.6 is 0 Å². The predicted octanol–water partition coefficient (Wildman–Crippen LogP) is 1.77. The van der Waals surface area contributed by atoms with E-state index in [9.17, 15) is 9.18 Å². The van der Waals surface area contributed by atoms with Gasteiger partial charge < -0.3 is 4.74 Å². The van der Waals surface area contributed by atoms with Gasteiger partial charge in [-0.25, -0.2) is 4.39 Å². The van der Waals surface area contributed by atoms with Crippen molar-refractivity contribution < 1.29 is 13.9 Å². The van der Waals surface area contributed by atoms with Gasteiger partial charge in [-0.15, -0.1) is 0 Å². The van der Waals surface area contributed by atoms with Crippen LogP contribution in [0.25, 0.3) is 0 Å². The summed E-state index contributed by atoms with van der Waals surface area (Å²) in [6.07, 6.45) is 4.05. The molecule has 3 heteroatoms. The van der Waals surface area contributed by atoms with Gasteiger partial charge >= 0.3 is 0 Å². The summed E-state index contributed by atoms with van der Waals surface area (Å²) in [5, 5.41) is 0. The molecule has 1 aliphatic carbocycles. The van der Waals surface area contributed by atoms with Gasteiger partial charge in [-0.3, -0.25) is 4.79 Å². The van der Waals surface area contributed by atoms with Crippen LogP contribution in [0.5, 0.6) is 0 Å². The van der Waals surface area contributed by atoms with Crippen LogP contribution in [0.3, 0.4) is 0 Å². The maximum absolute atomic E-state index is 12.5. The highest BCUT2D eigenvalue weighted by atomic mass is 19.1. The van der Waals surface area contributed by atoms with E-state index in [0.717, 1.165) is 0 Å². The fourth-order valence-electron chi connectivity index (χ4n) is 0.867. The topological polar surface area (TPSA) is 26.3 Å². The molecule has 0 amide bonds. The van der Waals surface area contributed by atoms with Gasteiger partial charge in [0, 0.05) is 6.42 Å². The van der Waals surface area contributed by atoms with Gasteiger partial charge in [-0.1, -0.05) is 0 Å². The van der Waals surface area contributed by atoms with E-state index >= 15 is 0 Å². The number of halogens is 1. The van der Waals surface area contributed by atoms with Crippen LogP contribution in [0.2, 0.25) is 0 Å². The predicted molar refractivity (Wildman–Crippen MR) is 43.4 cm³/mol. The Morgan fingerprint density at radius 3 is 3.08 bits per heavy atom. The van der Waals surface area contributed by atoms with E-state index in [1.54, 1.807) is 12.2 Å². The molecule has 0 N–H and O–H groups in total. The number of alkyl halides is 1. The largest absolute Gasteiger partial charge is 0.486 e. The molecule has 0 aromatic rings. The summed E-state index contributed by atoms with van der Waals surface area (Å²) < 4.78 is 17.6. The molecule has 66 valence electrons. The van der Waals surface area contributed by atoms with Crippen LogP contribution < -0.4 is 0 Å². The minimum Gasteiger partial charge on any atom is -0.486 e. The van der Waals surface area contributed by atoms with E-state index in [4.69, 9.17) is 4.74 Å². The van der Waals surface area contributed by atoms with Gasteiger partial charge in [0.05, 0.1) is 0 Å². The Morgan fingerprint density at radius 1 is 1.83 bits per heavy atom. The number of allylic oxidation sites excluding steroid dienone is 3. The number of rotatable bonds is 3. The van der Waals surface area contributed by atoms with Crippen molar-refractivity contribution in [2.24, 2.45) is 0 Å². The number of hydrogen-bond donors (Lipinski definition) is 0. The summed E-state index contributed by atoms with van der Waals surface area (Å²) in [7, 11) is 0. The first-order valence-corrected chi connectivity index (χ1v) is 3.83. The van der Waals surface area contributed by atoms with E-state index in [1.807, 2.05) is 0 Å². The highest BCUT2D eigenvalue weighted by Gasteiger charge is 2.07. The Hall–Kier alpha value is -1.12. The van der Waals surface area contributed by atoms with E-state index in [-0.39, 0.29) is 12.4 Å². The van der Waals surface area contributed by atoms with Crippen molar-refractivity contribution in [1.82, 2.24) is 0 Å². The maximum Gasteiger partial charge on any atom is 0.167 e. The van der Waals surface area contributed by atoms with Crippen molar-refractivity contribution >= 4 is 5.78 Å². The Bertz CT molecular complexity index is 231. The molecule has 1 rings (SSSR count). The van der Waals surface area contributed by atoms with Crippen LogP contribution in [0.4, 0.5) is 4.39 Å². The fourth-order valence-corrected chi connectivity index (χ4v) is 0.867. The molecule has 0 heterocycles. The highest BCUT2D eigenvalue weighted by Crippen LogP contribution is 2.13. The average Bonchev–Trinajstić information content (AvgIpc) is 2.03. The van der Waals surface area contributed by atoms with Crippen LogP contribution in [0, 0.1) is 0 Å². The molecule has 0 bridgehead atoms. The van der Waals surface area contributed by atoms with Crippen molar-refractivity contribution in [2.75, 3.05) is 6.61 Å². The van der Waals surface area contributed by atoms with E-state index in [2.05, 4.69) is 0 Å². The zero-order valence-electron chi connectivity index (χ0n) is 6.92. The monoisotopic (exact) mass is 170 g/mol. The van der Waals surface area contributed by atoms with Gasteiger partial charge in [-0.05, 0) is 25.2 Å². The molecule has 0 fully saturated rings. The van der Waals surface area contributed by atoms with Gasteiger partial charge in [0.25, 0.3) is 0 Å². The quantitative estimate of drug-likeness (QED) is 0.645. The van der Waals surface area contributed by atoms with E-state index in [0.29, 0.717) is 12.2 Å². The van der Waals surface area contributed by atoms with E-state index < -0.39 is 6.17 Å². The second kappa shape index (κ2) is 4.04. The minimum atomic E-state index is -0.908. The summed E-state index contributed by atoms with van der Waals surface area (Å²) in [4.78, 5) is 10.5. The first-order chi connectivity index (χ1) is 5.68. The number of carbonyl (C=O) groups is 1. The summed E-state index contributed by atoms with van der Waals surface area (Å²) in [5.74, 6) is 0.547. The fraction of sp³-hybridized carbons (Fsp3) is 0.444. The number of carbonyl (C=O) groups excluding carboxylic acids is 1. The lowest BCUT2D eigenvalue weighted by Crippen LogP contribution is -2.06. The van der Waals surface area contributed by atoms with Gasteiger partial charge in [0.2, 0.25) is 0 Å². The van der Waals surface area contributed by atoms with Crippen LogP contribution in [0.15, 0.2) is 24.0 Å². The van der Waals surface area contributed by atoms with Gasteiger partial charge in [0.15, 0.2) is 5.78 Å². The number of hydrogen-bond acceptors (Lipinski definition) is 2. The summed E-state index contributed by atoms with van der Waals surface area (Å²) >= 11 is 0. The molecule has 0 saturated heterocycles. The molecular formula is C9H11FO2. The molecule has 0 aromatic heterocycles. The smallest absolute Gasteiger partial charge is 0.167 e. The molecule has 0 aliphatic heterocycles. The van der Waals surface area contributed by atoms with Crippen molar-refractivity contribution in [2.45, 2.75) is 19.5 Å². The number of Topliss-reactive ketones (excluding diaryl/α,β-unsaturated/α-hetero) is 1. The lowest BCUT2D eigenvalue weighted by atomic mass is 10.1. The lowest BCUT2D eigenvalue weighted by Gasteiger charge is -2.09. The third kappa shape index (κ3) is 2.86. The zero-order chi connectivity index (χ0) is 8.97. The zero-order valence-corrected chi connectivity index (χ0v) is 6.92. The first kappa shape index (κ1) is 8.97. The Balaban J connectivity index is 2.35. The van der Waals surface area contributed by atoms with Crippen molar-refractivity contribution in [1.29, 1.82) is 0 Å². The molecule has 0 radical (unpaired) electrons. The van der Waals surface area contributed by atoms with Crippen LogP contribution in [-0.2, 0) is 9.53 Å². The first-order valence-electron chi connectivity index (χ1n) is 3.83. The SMILES string of the molecule is CC(=O)COC1=CCC(F)C=C1. The Morgan fingerprint density at radius 2 is 2.58 bits per heavy atom. The molecular weight excluding hydrogens is 159 g/mol. The Kier molecular flexibility index (Phi) is 3.02. The maximum atomic E-state index is 12.5. The lowest BCUT2D eigenvalue weighted by molar-refractivity contribution is -0.120. The minimum absolute atomic E-state index is 0.0355. The summed E-state index contributed by atoms with van der Waals surface area (Å²) in [5.41, 5.74) is 0. The number of ether oxygens (including phenoxy) is 1. The van der Waals surface area contributed by atoms with Crippen molar-refractivity contribution in [3.05, 3.63) is 24.0 Å². The molecule has 1 unspecified atom stereocenters. The second-order valence-electron chi connectivity index (χ2n) is 2.71. The summed E-state index contributed by atoms with van der Waals surface area (Å²) in [6.45, 7) is 1.51. The molecule has 0 spiro atoms. The second-order valence-corrected chi connectivity index (χ2v) is 2.71. The molecule has 12 heavy (non-hydrogen) atoms. The molecule has 1 atom stereocenters. The third-order valence-electron chi connectivity index (χ3n) is 1.46. The summed E-state index contributed by atoms with van der Waals surface area (Å²) in [6, 6.07) is 0. The van der Waals surface area contributed by atoms with Crippen LogP contribution in [-0.4, -0.2) is 18.6 Å². The van der Waals surface area contributed by atoms with Crippen molar-refractivity contribution in [3.8, 4) is 0 Å². The van der Waals surface area contributed by atoms with Gasteiger partial charge in [-0.2, -0.15) is 0 Å². The highest BCUT2D eigenvalue weighted by molar-refractivity contribution is 5.76. The van der Waals surface area contributed by atoms with E-state index in [1.165, 1.54) is 13.0 Å². The Labute approximate surface area is 70.7 Å². The van der Waals surface area contributed by atoms with Crippen LogP contribution in [0.1, 0.15) is 13.3 Å².